The van der Waals surface area contributed by atoms with Crippen molar-refractivity contribution >= 4 is 66.0 Å². The number of hydrazone groups is 2. The van der Waals surface area contributed by atoms with Crippen molar-refractivity contribution in [2.75, 3.05) is 10.9 Å². The molecule has 2 aliphatic heterocycles. The van der Waals surface area contributed by atoms with Crippen LogP contribution in [-0.2, 0) is 0 Å². The van der Waals surface area contributed by atoms with E-state index >= 15 is 0 Å². The van der Waals surface area contributed by atoms with Gasteiger partial charge in [-0.25, -0.2) is 0 Å². The van der Waals surface area contributed by atoms with Gasteiger partial charge in [0.25, 0.3) is 11.4 Å². The molecule has 0 spiro atoms. The first-order valence-electron chi connectivity index (χ1n) is 15.8. The van der Waals surface area contributed by atoms with E-state index in [-0.39, 0.29) is 35.4 Å². The third-order valence-electron chi connectivity index (χ3n) is 8.86. The summed E-state index contributed by atoms with van der Waals surface area (Å²) in [5.41, 5.74) is 12.0. The first-order valence-corrected chi connectivity index (χ1v) is 17.4. The van der Waals surface area contributed by atoms with Gasteiger partial charge in [0.2, 0.25) is 0 Å². The Kier molecular flexibility index (Phi) is 11.2. The maximum absolute atomic E-state index is 11.2. The number of ether oxygens (including phenoxy) is 2. The minimum absolute atomic E-state index is 0.0328. The van der Waals surface area contributed by atoms with Gasteiger partial charge in [-0.05, 0) is 64.1 Å². The van der Waals surface area contributed by atoms with E-state index in [2.05, 4.69) is 66.8 Å². The van der Waals surface area contributed by atoms with E-state index in [1.807, 2.05) is 64.1 Å². The van der Waals surface area contributed by atoms with Crippen molar-refractivity contribution in [3.63, 3.8) is 0 Å². The number of nitro groups is 2. The first-order chi connectivity index (χ1) is 23.8. The fraction of sp³-hybridized carbons (Fsp3) is 0.278. The highest BCUT2D eigenvalue weighted by atomic mass is 79.9. The van der Waals surface area contributed by atoms with Gasteiger partial charge in [0, 0.05) is 55.2 Å². The Balaban J connectivity index is 0.000000194. The Labute approximate surface area is 306 Å². The van der Waals surface area contributed by atoms with Gasteiger partial charge in [-0.15, -0.1) is 0 Å². The fourth-order valence-corrected chi connectivity index (χ4v) is 6.55. The summed E-state index contributed by atoms with van der Waals surface area (Å²) in [6.07, 6.45) is 0.231. The van der Waals surface area contributed by atoms with Crippen LogP contribution in [0.15, 0.2) is 91.9 Å². The summed E-state index contributed by atoms with van der Waals surface area (Å²) < 4.78 is 13.0. The summed E-state index contributed by atoms with van der Waals surface area (Å²) in [4.78, 5) is 21.5. The molecule has 0 fully saturated rings. The maximum Gasteiger partial charge on any atom is 0.295 e. The smallest absolute Gasteiger partial charge is 0.295 e. The molecule has 0 saturated heterocycles. The topological polar surface area (TPSA) is 154 Å². The lowest BCUT2D eigenvalue weighted by Crippen LogP contribution is -2.12. The molecule has 0 radical (unpaired) electrons. The van der Waals surface area contributed by atoms with Gasteiger partial charge in [0.05, 0.1) is 21.3 Å². The number of rotatable bonds is 8. The monoisotopic (exact) mass is 806 g/mol. The van der Waals surface area contributed by atoms with E-state index < -0.39 is 9.85 Å². The Bertz CT molecular complexity index is 1880. The number of halogens is 2. The zero-order chi connectivity index (χ0) is 36.3. The summed E-state index contributed by atoms with van der Waals surface area (Å²) in [6, 6.07) is 21.4. The largest absolute Gasteiger partial charge is 0.490 e. The molecule has 2 heterocycles. The van der Waals surface area contributed by atoms with Crippen molar-refractivity contribution in [3.05, 3.63) is 124 Å². The fourth-order valence-electron chi connectivity index (χ4n) is 5.85. The van der Waals surface area contributed by atoms with Crippen molar-refractivity contribution in [2.24, 2.45) is 10.2 Å². The summed E-state index contributed by atoms with van der Waals surface area (Å²) in [6.45, 7) is 12.1. The van der Waals surface area contributed by atoms with Crippen molar-refractivity contribution in [1.29, 1.82) is 0 Å². The Morgan fingerprint density at radius 1 is 0.660 bits per heavy atom. The standard InChI is InChI=1S/2C18H18BrN3O3/c2*1-10-12(3)25-17-6-4-5-14(18(10)17)11(2)20-21-15-8-7-13(19)9-16(15)22(23)24/h2*4-10,12,21H,1-3H3/b2*20-11+/t2*10-,12+/m00/s1. The molecule has 2 N–H and O–H groups in total. The van der Waals surface area contributed by atoms with Crippen LogP contribution in [0.5, 0.6) is 11.5 Å². The zero-order valence-electron chi connectivity index (χ0n) is 28.2. The van der Waals surface area contributed by atoms with E-state index in [1.54, 1.807) is 24.3 Å². The van der Waals surface area contributed by atoms with E-state index in [9.17, 15) is 20.2 Å². The summed E-state index contributed by atoms with van der Waals surface area (Å²) >= 11 is 6.49. The Morgan fingerprint density at radius 2 is 1.04 bits per heavy atom. The van der Waals surface area contributed by atoms with Crippen LogP contribution < -0.4 is 20.3 Å². The molecule has 0 unspecified atom stereocenters. The molecule has 0 bridgehead atoms. The van der Waals surface area contributed by atoms with Crippen molar-refractivity contribution in [2.45, 2.75) is 65.6 Å². The van der Waals surface area contributed by atoms with Crippen LogP contribution in [0.25, 0.3) is 0 Å². The molecule has 4 atom stereocenters. The third-order valence-corrected chi connectivity index (χ3v) is 9.84. The Hall–Kier alpha value is -4.82. The maximum atomic E-state index is 11.2. The van der Waals surface area contributed by atoms with Crippen molar-refractivity contribution < 1.29 is 19.3 Å². The lowest BCUT2D eigenvalue weighted by atomic mass is 9.92. The second kappa shape index (κ2) is 15.4. The quantitative estimate of drug-likeness (QED) is 0.101. The minimum Gasteiger partial charge on any atom is -0.490 e. The third kappa shape index (κ3) is 7.81. The summed E-state index contributed by atoms with van der Waals surface area (Å²) in [7, 11) is 0. The number of hydrogen-bond donors (Lipinski definition) is 2. The number of nitro benzene ring substituents is 2. The molecule has 14 heteroatoms. The number of benzene rings is 4. The van der Waals surface area contributed by atoms with E-state index in [4.69, 9.17) is 9.47 Å². The van der Waals surface area contributed by atoms with Gasteiger partial charge in [-0.1, -0.05) is 70.0 Å². The predicted octanol–water partition coefficient (Wildman–Crippen LogP) is 10.2. The number of nitrogens with one attached hydrogen (secondary N) is 2. The molecule has 6 rings (SSSR count). The van der Waals surface area contributed by atoms with Crippen LogP contribution in [0.4, 0.5) is 22.7 Å². The molecular weight excluding hydrogens is 772 g/mol. The lowest BCUT2D eigenvalue weighted by Gasteiger charge is -2.11. The van der Waals surface area contributed by atoms with Gasteiger partial charge in [0.15, 0.2) is 0 Å². The molecule has 260 valence electrons. The molecule has 4 aromatic carbocycles. The number of anilines is 2. The second-order valence-corrected chi connectivity index (χ2v) is 13.9. The van der Waals surface area contributed by atoms with Gasteiger partial charge in [-0.2, -0.15) is 10.2 Å². The number of fused-ring (bicyclic) bond motifs is 2. The average molecular weight is 809 g/mol. The molecule has 12 nitrogen and oxygen atoms in total. The highest BCUT2D eigenvalue weighted by Crippen LogP contribution is 2.41. The van der Waals surface area contributed by atoms with E-state index in [1.165, 1.54) is 12.1 Å². The molecule has 0 saturated carbocycles. The van der Waals surface area contributed by atoms with E-state index in [0.717, 1.165) is 45.2 Å². The highest BCUT2D eigenvalue weighted by molar-refractivity contribution is 9.10. The van der Waals surface area contributed by atoms with Gasteiger partial charge >= 0.3 is 0 Å². The van der Waals surface area contributed by atoms with Crippen LogP contribution in [-0.4, -0.2) is 33.5 Å². The van der Waals surface area contributed by atoms with Crippen molar-refractivity contribution in [3.8, 4) is 11.5 Å². The van der Waals surface area contributed by atoms with Crippen LogP contribution in [0, 0.1) is 20.2 Å². The highest BCUT2D eigenvalue weighted by Gasteiger charge is 2.31. The number of nitrogens with zero attached hydrogens (tertiary/aromatic N) is 4. The molecule has 2 aliphatic rings. The van der Waals surface area contributed by atoms with E-state index in [0.29, 0.717) is 20.3 Å². The average Bonchev–Trinajstić information content (AvgIpc) is 3.55. The molecule has 0 amide bonds. The summed E-state index contributed by atoms with van der Waals surface area (Å²) in [5.74, 6) is 2.28. The second-order valence-electron chi connectivity index (χ2n) is 12.1. The molecule has 50 heavy (non-hydrogen) atoms. The molecule has 0 aliphatic carbocycles. The van der Waals surface area contributed by atoms with Crippen LogP contribution in [0.2, 0.25) is 0 Å². The minimum atomic E-state index is -0.435. The number of hydrogen-bond acceptors (Lipinski definition) is 10. The lowest BCUT2D eigenvalue weighted by molar-refractivity contribution is -0.384. The van der Waals surface area contributed by atoms with Crippen LogP contribution in [0.1, 0.15) is 75.6 Å². The molecular formula is C36H36Br2N6O6. The summed E-state index contributed by atoms with van der Waals surface area (Å²) in [5, 5.41) is 31.1. The van der Waals surface area contributed by atoms with Crippen LogP contribution >= 0.6 is 31.9 Å². The van der Waals surface area contributed by atoms with Crippen molar-refractivity contribution in [1.82, 2.24) is 0 Å². The Morgan fingerprint density at radius 3 is 1.40 bits per heavy atom. The zero-order valence-corrected chi connectivity index (χ0v) is 31.4. The van der Waals surface area contributed by atoms with Crippen LogP contribution in [0.3, 0.4) is 0 Å². The van der Waals surface area contributed by atoms with Gasteiger partial charge in [-0.3, -0.25) is 31.1 Å². The first kappa shape index (κ1) is 36.5. The van der Waals surface area contributed by atoms with Gasteiger partial charge < -0.3 is 9.47 Å². The normalized spacial score (nSPS) is 19.3. The SMILES string of the molecule is C/C(=N\Nc1ccc(Br)cc1[N+](=O)[O-])c1cccc2c1[C@@H](C)[C@@H](C)O2.C/C(=N\Nc1ccc(Br)cc1[N+](=O)[O-])c1cccc2c1[C@@H](C)[C@@H](C)O2. The molecule has 4 aromatic rings. The molecule has 0 aromatic heterocycles. The van der Waals surface area contributed by atoms with Gasteiger partial charge in [0.1, 0.15) is 35.1 Å². The predicted molar refractivity (Wildman–Crippen MR) is 203 cm³/mol.